The van der Waals surface area contributed by atoms with Gasteiger partial charge in [0.25, 0.3) is 0 Å². The van der Waals surface area contributed by atoms with Gasteiger partial charge in [-0.25, -0.2) is 0 Å². The summed E-state index contributed by atoms with van der Waals surface area (Å²) in [5, 5.41) is 46.1. The van der Waals surface area contributed by atoms with E-state index in [0.717, 1.165) is 6.42 Å². The number of hydrogen-bond donors (Lipinski definition) is 4. The number of nitrogens with zero attached hydrogens (tertiary/aromatic N) is 2. The third-order valence-corrected chi connectivity index (χ3v) is 11.2. The predicted molar refractivity (Wildman–Crippen MR) is 195 cm³/mol. The summed E-state index contributed by atoms with van der Waals surface area (Å²) in [5.74, 6) is -1.69. The van der Waals surface area contributed by atoms with Gasteiger partial charge in [0.1, 0.15) is 17.8 Å². The lowest BCUT2D eigenvalue weighted by Gasteiger charge is -2.43. The van der Waals surface area contributed by atoms with Gasteiger partial charge in [0.15, 0.2) is 12.6 Å². The summed E-state index contributed by atoms with van der Waals surface area (Å²) in [5.41, 5.74) is -3.06. The summed E-state index contributed by atoms with van der Waals surface area (Å²) >= 11 is 0. The lowest BCUT2D eigenvalue weighted by atomic mass is 9.83. The SMILES string of the molecule is CC(=O)O[C@@H]1COC(CCO[C@H]2C[C@@H](O[C@H]3C[C@@H](N(C)C)C[C@@H](C)O3)[C@](C)(O)C[C@@H](C)CN(C)[C@H](C)[C@@H](O)[C@](C)(O)COC(O)[C@@H]2C)[C@@H](OC(C)=O)C1. The maximum Gasteiger partial charge on any atom is 0.302 e. The molecule has 15 nitrogen and oxygen atoms in total. The Hall–Kier alpha value is -1.50. The Morgan fingerprint density at radius 1 is 0.906 bits per heavy atom. The molecule has 0 radical (unpaired) electrons. The van der Waals surface area contributed by atoms with Crippen molar-refractivity contribution in [3.63, 3.8) is 0 Å². The van der Waals surface area contributed by atoms with Crippen LogP contribution in [-0.4, -0.2) is 168 Å². The third-order valence-electron chi connectivity index (χ3n) is 11.2. The molecule has 3 aliphatic rings. The Bertz CT molecular complexity index is 1140. The monoisotopic (exact) mass is 762 g/mol. The highest BCUT2D eigenvalue weighted by Gasteiger charge is 2.44. The lowest BCUT2D eigenvalue weighted by molar-refractivity contribution is -0.261. The van der Waals surface area contributed by atoms with E-state index in [1.807, 2.05) is 46.8 Å². The quantitative estimate of drug-likeness (QED) is 0.249. The molecular weight excluding hydrogens is 692 g/mol. The topological polar surface area (TPSA) is 186 Å². The van der Waals surface area contributed by atoms with Crippen LogP contribution < -0.4 is 0 Å². The smallest absolute Gasteiger partial charge is 0.302 e. The molecule has 4 N–H and O–H groups in total. The molecule has 15 atom stereocenters. The van der Waals surface area contributed by atoms with Gasteiger partial charge >= 0.3 is 11.9 Å². The molecular formula is C38H70N2O13. The molecule has 3 saturated heterocycles. The van der Waals surface area contributed by atoms with Crippen LogP contribution in [0.5, 0.6) is 0 Å². The minimum absolute atomic E-state index is 0.0531. The highest BCUT2D eigenvalue weighted by molar-refractivity contribution is 5.66. The normalized spacial score (nSPS) is 43.1. The molecule has 0 amide bonds. The molecule has 2 unspecified atom stereocenters. The third kappa shape index (κ3) is 13.9. The van der Waals surface area contributed by atoms with E-state index in [4.69, 9.17) is 33.2 Å². The number of aliphatic hydroxyl groups excluding tert-OH is 2. The Kier molecular flexibility index (Phi) is 17.4. The first-order valence-corrected chi connectivity index (χ1v) is 19.3. The maximum atomic E-state index is 12.3. The predicted octanol–water partition coefficient (Wildman–Crippen LogP) is 1.84. The van der Waals surface area contributed by atoms with Gasteiger partial charge in [-0.2, -0.15) is 0 Å². The zero-order valence-electron chi connectivity index (χ0n) is 33.9. The van der Waals surface area contributed by atoms with E-state index in [1.165, 1.54) is 20.8 Å². The van der Waals surface area contributed by atoms with Crippen molar-refractivity contribution in [2.45, 2.75) is 173 Å². The Morgan fingerprint density at radius 2 is 1.57 bits per heavy atom. The van der Waals surface area contributed by atoms with Crippen molar-refractivity contribution in [2.24, 2.45) is 11.8 Å². The molecule has 0 saturated carbocycles. The second-order valence-electron chi connectivity index (χ2n) is 16.7. The number of esters is 2. The van der Waals surface area contributed by atoms with E-state index in [0.29, 0.717) is 25.8 Å². The average Bonchev–Trinajstić information content (AvgIpc) is 3.04. The van der Waals surface area contributed by atoms with E-state index >= 15 is 0 Å². The first-order valence-electron chi connectivity index (χ1n) is 19.3. The number of ether oxygens (including phenoxy) is 7. The van der Waals surface area contributed by atoms with E-state index in [9.17, 15) is 30.0 Å². The van der Waals surface area contributed by atoms with Crippen molar-refractivity contribution in [3.05, 3.63) is 0 Å². The van der Waals surface area contributed by atoms with Crippen LogP contribution >= 0.6 is 0 Å². The number of rotatable bonds is 9. The van der Waals surface area contributed by atoms with Gasteiger partial charge in [0, 0.05) is 70.7 Å². The van der Waals surface area contributed by atoms with Crippen LogP contribution in [0.4, 0.5) is 0 Å². The number of aliphatic hydroxyl groups is 4. The van der Waals surface area contributed by atoms with Crippen LogP contribution in [0.15, 0.2) is 0 Å². The Morgan fingerprint density at radius 3 is 2.19 bits per heavy atom. The zero-order chi connectivity index (χ0) is 39.8. The fourth-order valence-corrected chi connectivity index (χ4v) is 7.94. The standard InChI is InChI=1S/C38H70N2O13/c1-22-18-37(7,45)33(53-34-15-28(39(9)10)14-23(2)50-34)17-31(24(3)36(44)49-21-38(8,46)35(43)25(4)40(11)19-22)47-13-12-30-32(52-27(6)42)16-29(20-48-30)51-26(5)41/h22-25,28-36,43-46H,12-21H2,1-11H3/t22-,23-,24-,25-,28+,29+,30?,31+,32+,33-,34+,35-,36?,37-,38-/m1/s1. The number of carbonyl (C=O) groups excluding carboxylic acids is 2. The van der Waals surface area contributed by atoms with Crippen molar-refractivity contribution in [2.75, 3.05) is 47.5 Å². The summed E-state index contributed by atoms with van der Waals surface area (Å²) in [6.45, 7) is 13.9. The van der Waals surface area contributed by atoms with E-state index < -0.39 is 84.3 Å². The molecule has 3 rings (SSSR count). The maximum absolute atomic E-state index is 12.3. The molecule has 53 heavy (non-hydrogen) atoms. The van der Waals surface area contributed by atoms with Gasteiger partial charge in [0.2, 0.25) is 0 Å². The number of hydrogen-bond acceptors (Lipinski definition) is 15. The Labute approximate surface area is 316 Å². The van der Waals surface area contributed by atoms with E-state index in [1.54, 1.807) is 13.8 Å². The van der Waals surface area contributed by atoms with Crippen molar-refractivity contribution in [1.29, 1.82) is 0 Å². The zero-order valence-corrected chi connectivity index (χ0v) is 33.9. The molecule has 0 spiro atoms. The molecule has 0 aromatic heterocycles. The van der Waals surface area contributed by atoms with Crippen molar-refractivity contribution in [3.8, 4) is 0 Å². The van der Waals surface area contributed by atoms with Gasteiger partial charge in [0.05, 0.1) is 49.3 Å². The molecule has 0 aromatic carbocycles. The van der Waals surface area contributed by atoms with Crippen molar-refractivity contribution in [1.82, 2.24) is 9.80 Å². The highest BCUT2D eigenvalue weighted by Crippen LogP contribution is 2.35. The van der Waals surface area contributed by atoms with Crippen LogP contribution in [-0.2, 0) is 42.7 Å². The largest absolute Gasteiger partial charge is 0.460 e. The van der Waals surface area contributed by atoms with Gasteiger partial charge in [-0.15, -0.1) is 0 Å². The van der Waals surface area contributed by atoms with Crippen LogP contribution in [0.1, 0.15) is 93.9 Å². The van der Waals surface area contributed by atoms with Crippen molar-refractivity contribution >= 4 is 11.9 Å². The summed E-state index contributed by atoms with van der Waals surface area (Å²) in [7, 11) is 5.91. The summed E-state index contributed by atoms with van der Waals surface area (Å²) in [6, 6.07) is -0.252. The van der Waals surface area contributed by atoms with Crippen LogP contribution in [0.25, 0.3) is 0 Å². The van der Waals surface area contributed by atoms with Gasteiger partial charge in [-0.05, 0) is 67.6 Å². The van der Waals surface area contributed by atoms with Crippen molar-refractivity contribution < 1.29 is 63.2 Å². The summed E-state index contributed by atoms with van der Waals surface area (Å²) in [6.07, 6.45) is -4.08. The number of likely N-dealkylation sites (N-methyl/N-ethyl adjacent to an activating group) is 1. The summed E-state index contributed by atoms with van der Waals surface area (Å²) < 4.78 is 42.2. The molecule has 3 aliphatic heterocycles. The molecule has 3 fully saturated rings. The van der Waals surface area contributed by atoms with Crippen LogP contribution in [0.3, 0.4) is 0 Å². The average molecular weight is 763 g/mol. The fraction of sp³-hybridized carbons (Fsp3) is 0.947. The molecule has 3 heterocycles. The second-order valence-corrected chi connectivity index (χ2v) is 16.7. The molecule has 0 aliphatic carbocycles. The van der Waals surface area contributed by atoms with Gasteiger partial charge in [-0.1, -0.05) is 13.8 Å². The second kappa shape index (κ2) is 20.1. The molecule has 0 bridgehead atoms. The van der Waals surface area contributed by atoms with Crippen LogP contribution in [0, 0.1) is 11.8 Å². The lowest BCUT2D eigenvalue weighted by Crippen LogP contribution is -2.55. The summed E-state index contributed by atoms with van der Waals surface area (Å²) in [4.78, 5) is 27.6. The highest BCUT2D eigenvalue weighted by atomic mass is 16.7. The first kappa shape index (κ1) is 45.9. The van der Waals surface area contributed by atoms with Gasteiger partial charge in [-0.3, -0.25) is 9.59 Å². The minimum atomic E-state index is -1.68. The molecule has 15 heteroatoms. The first-order chi connectivity index (χ1) is 24.6. The van der Waals surface area contributed by atoms with E-state index in [2.05, 4.69) is 4.90 Å². The van der Waals surface area contributed by atoms with E-state index in [-0.39, 0.29) is 50.7 Å². The number of carbonyl (C=O) groups is 2. The van der Waals surface area contributed by atoms with Gasteiger partial charge < -0.3 is 63.4 Å². The Balaban J connectivity index is 1.93. The molecule has 310 valence electrons. The fourth-order valence-electron chi connectivity index (χ4n) is 7.94. The molecule has 0 aromatic rings. The van der Waals surface area contributed by atoms with Crippen LogP contribution in [0.2, 0.25) is 0 Å². The minimum Gasteiger partial charge on any atom is -0.460 e.